The quantitative estimate of drug-likeness (QED) is 0.423. The van der Waals surface area contributed by atoms with E-state index in [1.165, 1.54) is 43.2 Å². The summed E-state index contributed by atoms with van der Waals surface area (Å²) in [5, 5.41) is 7.08. The fourth-order valence-electron chi connectivity index (χ4n) is 4.90. The van der Waals surface area contributed by atoms with Crippen LogP contribution in [0.15, 0.2) is 53.1 Å². The molecule has 1 atom stereocenters. The van der Waals surface area contributed by atoms with Crippen LogP contribution >= 0.6 is 0 Å². The van der Waals surface area contributed by atoms with Crippen LogP contribution in [-0.2, 0) is 4.74 Å². The molecule has 0 radical (unpaired) electrons. The summed E-state index contributed by atoms with van der Waals surface area (Å²) in [7, 11) is 0. The standard InChI is InChI=1S/C28H32N2O3/c1-18(20-6-4-3-5-7-20)32-28(31)29-26-19(2)33-30-27(26)25-16-14-24(15-17-25)23-12-10-22(11-13-23)21-8-9-21/h10-18,20-21H,3-9H2,1-2H3,(H,29,31). The Morgan fingerprint density at radius 2 is 1.55 bits per heavy atom. The highest BCUT2D eigenvalue weighted by Gasteiger charge is 2.25. The van der Waals surface area contributed by atoms with Gasteiger partial charge in [-0.2, -0.15) is 0 Å². The number of aromatic nitrogens is 1. The molecule has 0 spiro atoms. The number of hydrogen-bond donors (Lipinski definition) is 1. The van der Waals surface area contributed by atoms with Gasteiger partial charge in [0.05, 0.1) is 0 Å². The minimum atomic E-state index is -0.451. The molecule has 0 bridgehead atoms. The summed E-state index contributed by atoms with van der Waals surface area (Å²) in [6.07, 6.45) is 8.05. The monoisotopic (exact) mass is 444 g/mol. The third kappa shape index (κ3) is 4.97. The molecule has 2 saturated carbocycles. The number of carbonyl (C=O) groups excluding carboxylic acids is 1. The van der Waals surface area contributed by atoms with E-state index in [4.69, 9.17) is 9.26 Å². The number of hydrogen-bond acceptors (Lipinski definition) is 4. The molecule has 2 fully saturated rings. The first-order valence-corrected chi connectivity index (χ1v) is 12.2. The average Bonchev–Trinajstić information content (AvgIpc) is 3.64. The number of nitrogens with zero attached hydrogens (tertiary/aromatic N) is 1. The Balaban J connectivity index is 1.27. The maximum absolute atomic E-state index is 12.6. The van der Waals surface area contributed by atoms with Crippen LogP contribution in [0.5, 0.6) is 0 Å². The Bertz CT molecular complexity index is 1090. The van der Waals surface area contributed by atoms with E-state index in [2.05, 4.69) is 46.9 Å². The molecule has 1 amide bonds. The zero-order valence-electron chi connectivity index (χ0n) is 19.5. The first kappa shape index (κ1) is 21.7. The van der Waals surface area contributed by atoms with E-state index in [1.807, 2.05) is 19.1 Å². The van der Waals surface area contributed by atoms with Gasteiger partial charge in [-0.15, -0.1) is 0 Å². The van der Waals surface area contributed by atoms with E-state index < -0.39 is 6.09 Å². The first-order chi connectivity index (χ1) is 16.1. The molecule has 0 saturated heterocycles. The van der Waals surface area contributed by atoms with Crippen LogP contribution in [-0.4, -0.2) is 17.4 Å². The van der Waals surface area contributed by atoms with Gasteiger partial charge in [-0.1, -0.05) is 73.0 Å². The Labute approximate surface area is 195 Å². The number of rotatable bonds is 6. The molecule has 5 nitrogen and oxygen atoms in total. The van der Waals surface area contributed by atoms with Gasteiger partial charge in [0.1, 0.15) is 17.5 Å². The summed E-state index contributed by atoms with van der Waals surface area (Å²) in [5.41, 5.74) is 5.86. The number of aryl methyl sites for hydroxylation is 1. The predicted octanol–water partition coefficient (Wildman–Crippen LogP) is 7.71. The molecule has 2 aromatic carbocycles. The molecule has 33 heavy (non-hydrogen) atoms. The van der Waals surface area contributed by atoms with Gasteiger partial charge in [0.15, 0.2) is 5.76 Å². The van der Waals surface area contributed by atoms with Crippen molar-refractivity contribution in [3.63, 3.8) is 0 Å². The van der Waals surface area contributed by atoms with Gasteiger partial charge in [0.25, 0.3) is 0 Å². The molecule has 5 rings (SSSR count). The molecule has 2 aliphatic rings. The van der Waals surface area contributed by atoms with Gasteiger partial charge in [-0.05, 0) is 68.1 Å². The van der Waals surface area contributed by atoms with Gasteiger partial charge >= 0.3 is 6.09 Å². The lowest BCUT2D eigenvalue weighted by Crippen LogP contribution is -2.28. The first-order valence-electron chi connectivity index (χ1n) is 12.2. The van der Waals surface area contributed by atoms with E-state index >= 15 is 0 Å². The van der Waals surface area contributed by atoms with Gasteiger partial charge < -0.3 is 9.26 Å². The number of ether oxygens (including phenoxy) is 1. The van der Waals surface area contributed by atoms with Crippen LogP contribution in [0.3, 0.4) is 0 Å². The second kappa shape index (κ2) is 9.42. The van der Waals surface area contributed by atoms with Gasteiger partial charge in [0, 0.05) is 5.56 Å². The Hall–Kier alpha value is -3.08. The van der Waals surface area contributed by atoms with Crippen molar-refractivity contribution >= 4 is 11.8 Å². The number of amides is 1. The normalized spacial score (nSPS) is 17.5. The van der Waals surface area contributed by atoms with E-state index in [9.17, 15) is 4.79 Å². The van der Waals surface area contributed by atoms with E-state index in [1.54, 1.807) is 6.92 Å². The molecule has 5 heteroatoms. The summed E-state index contributed by atoms with van der Waals surface area (Å²) in [6, 6.07) is 17.1. The molecule has 1 heterocycles. The van der Waals surface area contributed by atoms with Crippen LogP contribution < -0.4 is 5.32 Å². The largest absolute Gasteiger partial charge is 0.446 e. The van der Waals surface area contributed by atoms with Gasteiger partial charge in [0.2, 0.25) is 0 Å². The van der Waals surface area contributed by atoms with Gasteiger partial charge in [-0.25, -0.2) is 4.79 Å². The van der Waals surface area contributed by atoms with Crippen molar-refractivity contribution in [1.82, 2.24) is 5.16 Å². The molecule has 1 unspecified atom stereocenters. The maximum Gasteiger partial charge on any atom is 0.412 e. The molecule has 1 aromatic heterocycles. The van der Waals surface area contributed by atoms with Crippen LogP contribution in [0.1, 0.15) is 69.1 Å². The fourth-order valence-corrected chi connectivity index (χ4v) is 4.90. The molecular weight excluding hydrogens is 412 g/mol. The van der Waals surface area contributed by atoms with Crippen LogP contribution in [0.2, 0.25) is 0 Å². The Morgan fingerprint density at radius 1 is 0.939 bits per heavy atom. The topological polar surface area (TPSA) is 64.4 Å². The van der Waals surface area contributed by atoms with E-state index in [0.717, 1.165) is 29.9 Å². The van der Waals surface area contributed by atoms with Crippen LogP contribution in [0.4, 0.5) is 10.5 Å². The third-order valence-electron chi connectivity index (χ3n) is 7.15. The highest BCUT2D eigenvalue weighted by molar-refractivity contribution is 5.91. The molecule has 3 aromatic rings. The molecule has 172 valence electrons. The van der Waals surface area contributed by atoms with Crippen molar-refractivity contribution in [2.45, 2.75) is 70.8 Å². The van der Waals surface area contributed by atoms with Crippen molar-refractivity contribution in [3.05, 3.63) is 59.9 Å². The van der Waals surface area contributed by atoms with Crippen molar-refractivity contribution < 1.29 is 14.1 Å². The lowest BCUT2D eigenvalue weighted by atomic mass is 9.86. The van der Waals surface area contributed by atoms with Crippen LogP contribution in [0, 0.1) is 12.8 Å². The summed E-state index contributed by atoms with van der Waals surface area (Å²) in [4.78, 5) is 12.6. The number of carbonyl (C=O) groups is 1. The maximum atomic E-state index is 12.6. The average molecular weight is 445 g/mol. The fraction of sp³-hybridized carbons (Fsp3) is 0.429. The highest BCUT2D eigenvalue weighted by Crippen LogP contribution is 2.40. The summed E-state index contributed by atoms with van der Waals surface area (Å²) < 4.78 is 11.1. The minimum Gasteiger partial charge on any atom is -0.446 e. The highest BCUT2D eigenvalue weighted by atomic mass is 16.6. The van der Waals surface area contributed by atoms with Crippen molar-refractivity contribution in [2.24, 2.45) is 5.92 Å². The zero-order chi connectivity index (χ0) is 22.8. The molecule has 1 N–H and O–H groups in total. The smallest absolute Gasteiger partial charge is 0.412 e. The van der Waals surface area contributed by atoms with Crippen molar-refractivity contribution in [3.8, 4) is 22.4 Å². The zero-order valence-corrected chi connectivity index (χ0v) is 19.5. The van der Waals surface area contributed by atoms with Crippen LogP contribution in [0.25, 0.3) is 22.4 Å². The summed E-state index contributed by atoms with van der Waals surface area (Å²) in [5.74, 6) is 1.77. The van der Waals surface area contributed by atoms with Crippen molar-refractivity contribution in [1.29, 1.82) is 0 Å². The predicted molar refractivity (Wildman–Crippen MR) is 130 cm³/mol. The lowest BCUT2D eigenvalue weighted by molar-refractivity contribution is 0.0691. The number of nitrogens with one attached hydrogen (secondary N) is 1. The molecular formula is C28H32N2O3. The van der Waals surface area contributed by atoms with Gasteiger partial charge in [-0.3, -0.25) is 5.32 Å². The van der Waals surface area contributed by atoms with E-state index in [-0.39, 0.29) is 6.10 Å². The van der Waals surface area contributed by atoms with E-state index in [0.29, 0.717) is 23.1 Å². The summed E-state index contributed by atoms with van der Waals surface area (Å²) >= 11 is 0. The second-order valence-electron chi connectivity index (χ2n) is 9.57. The number of benzene rings is 2. The molecule has 0 aliphatic heterocycles. The van der Waals surface area contributed by atoms with Crippen molar-refractivity contribution in [2.75, 3.05) is 5.32 Å². The second-order valence-corrected chi connectivity index (χ2v) is 9.57. The lowest BCUT2D eigenvalue weighted by Gasteiger charge is -2.27. The Kier molecular flexibility index (Phi) is 6.21. The minimum absolute atomic E-state index is 0.0977. The third-order valence-corrected chi connectivity index (χ3v) is 7.15. The SMILES string of the molecule is Cc1onc(-c2ccc(-c3ccc(C4CC4)cc3)cc2)c1NC(=O)OC(C)C1CCCCC1. The number of anilines is 1. The summed E-state index contributed by atoms with van der Waals surface area (Å²) in [6.45, 7) is 3.79. The molecule has 2 aliphatic carbocycles. The Morgan fingerprint density at radius 3 is 2.18 bits per heavy atom.